The predicted molar refractivity (Wildman–Crippen MR) is 87.9 cm³/mol. The number of rotatable bonds is 7. The Morgan fingerprint density at radius 2 is 2.00 bits per heavy atom. The molecule has 3 aromatic rings. The summed E-state index contributed by atoms with van der Waals surface area (Å²) in [5.41, 5.74) is 1.56. The molecule has 132 valence electrons. The van der Waals surface area contributed by atoms with Crippen LogP contribution in [0.5, 0.6) is 11.5 Å². The van der Waals surface area contributed by atoms with Gasteiger partial charge in [0.1, 0.15) is 0 Å². The van der Waals surface area contributed by atoms with E-state index in [0.29, 0.717) is 6.54 Å². The fraction of sp³-hybridized carbons (Fsp3) is 0.294. The lowest BCUT2D eigenvalue weighted by Crippen LogP contribution is -2.20. The van der Waals surface area contributed by atoms with Crippen molar-refractivity contribution in [1.29, 1.82) is 0 Å². The highest BCUT2D eigenvalue weighted by molar-refractivity contribution is 5.43. The van der Waals surface area contributed by atoms with E-state index in [1.807, 2.05) is 35.7 Å². The summed E-state index contributed by atoms with van der Waals surface area (Å²) in [4.78, 5) is 0. The van der Waals surface area contributed by atoms with Crippen molar-refractivity contribution >= 4 is 5.65 Å². The van der Waals surface area contributed by atoms with Crippen LogP contribution in [0.15, 0.2) is 42.6 Å². The Morgan fingerprint density at radius 1 is 1.16 bits per heavy atom. The Hall–Kier alpha value is -2.74. The topological polar surface area (TPSA) is 60.7 Å². The zero-order valence-corrected chi connectivity index (χ0v) is 13.8. The second kappa shape index (κ2) is 7.43. The molecule has 0 radical (unpaired) electrons. The van der Waals surface area contributed by atoms with Gasteiger partial charge in [0.25, 0.3) is 0 Å². The molecular formula is C17H18F2N4O2. The number of nitrogens with zero attached hydrogens (tertiary/aromatic N) is 3. The number of pyridine rings is 1. The van der Waals surface area contributed by atoms with Gasteiger partial charge in [-0.15, -0.1) is 10.2 Å². The van der Waals surface area contributed by atoms with E-state index in [0.717, 1.165) is 17.0 Å². The summed E-state index contributed by atoms with van der Waals surface area (Å²) in [6.45, 7) is -0.492. The first-order chi connectivity index (χ1) is 12.1. The molecule has 1 N–H and O–H groups in total. The number of hydrogen-bond donors (Lipinski definition) is 1. The molecule has 0 amide bonds. The number of nitrogens with one attached hydrogen (secondary N) is 1. The maximum atomic E-state index is 12.5. The number of benzene rings is 1. The van der Waals surface area contributed by atoms with Crippen LogP contribution in [-0.4, -0.2) is 28.3 Å². The maximum absolute atomic E-state index is 12.5. The van der Waals surface area contributed by atoms with Gasteiger partial charge in [-0.05, 0) is 36.8 Å². The number of fused-ring (bicyclic) bond motifs is 1. The molecule has 3 rings (SSSR count). The van der Waals surface area contributed by atoms with Crippen LogP contribution in [0.4, 0.5) is 8.78 Å². The largest absolute Gasteiger partial charge is 0.493 e. The van der Waals surface area contributed by atoms with Crippen molar-refractivity contribution in [3.8, 4) is 11.5 Å². The van der Waals surface area contributed by atoms with Crippen molar-refractivity contribution in [3.63, 3.8) is 0 Å². The standard InChI is InChI=1S/C17H18F2N4O2/c1-11(16-22-21-15-5-3-4-8-23(15)16)20-10-12-6-7-13(24-2)14(9-12)25-17(18)19/h3-9,11,17,20H,10H2,1-2H3/t11-/m0/s1. The minimum absolute atomic E-state index is 0.0115. The first-order valence-corrected chi connectivity index (χ1v) is 7.73. The van der Waals surface area contributed by atoms with E-state index in [-0.39, 0.29) is 17.5 Å². The van der Waals surface area contributed by atoms with E-state index in [9.17, 15) is 8.78 Å². The van der Waals surface area contributed by atoms with Gasteiger partial charge < -0.3 is 14.8 Å². The SMILES string of the molecule is COc1ccc(CN[C@@H](C)c2nnc3ccccn23)cc1OC(F)F. The predicted octanol–water partition coefficient (Wildman–Crippen LogP) is 3.19. The summed E-state index contributed by atoms with van der Waals surface area (Å²) in [5, 5.41) is 11.6. The van der Waals surface area contributed by atoms with E-state index in [1.54, 1.807) is 12.1 Å². The molecule has 6 nitrogen and oxygen atoms in total. The van der Waals surface area contributed by atoms with Crippen LogP contribution in [0.3, 0.4) is 0 Å². The normalized spacial score (nSPS) is 12.5. The monoisotopic (exact) mass is 348 g/mol. The molecule has 0 fully saturated rings. The number of aromatic nitrogens is 3. The van der Waals surface area contributed by atoms with Gasteiger partial charge in [-0.1, -0.05) is 12.1 Å². The molecular weight excluding hydrogens is 330 g/mol. The number of halogens is 2. The number of alkyl halides is 2. The summed E-state index contributed by atoms with van der Waals surface area (Å²) >= 11 is 0. The molecule has 0 aliphatic rings. The zero-order chi connectivity index (χ0) is 17.8. The zero-order valence-electron chi connectivity index (χ0n) is 13.8. The second-order valence-corrected chi connectivity index (χ2v) is 5.45. The Morgan fingerprint density at radius 3 is 2.76 bits per heavy atom. The molecule has 8 heteroatoms. The Labute approximate surface area is 143 Å². The van der Waals surface area contributed by atoms with Crippen LogP contribution in [0, 0.1) is 0 Å². The van der Waals surface area contributed by atoms with Crippen LogP contribution in [0.25, 0.3) is 5.65 Å². The second-order valence-electron chi connectivity index (χ2n) is 5.45. The highest BCUT2D eigenvalue weighted by Gasteiger charge is 2.14. The van der Waals surface area contributed by atoms with Crippen molar-refractivity contribution < 1.29 is 18.3 Å². The lowest BCUT2D eigenvalue weighted by atomic mass is 10.2. The maximum Gasteiger partial charge on any atom is 0.387 e. The first kappa shape index (κ1) is 17.1. The fourth-order valence-electron chi connectivity index (χ4n) is 2.54. The summed E-state index contributed by atoms with van der Waals surface area (Å²) in [6, 6.07) is 10.5. The molecule has 0 bridgehead atoms. The van der Waals surface area contributed by atoms with Gasteiger partial charge in [0, 0.05) is 12.7 Å². The first-order valence-electron chi connectivity index (χ1n) is 7.73. The molecule has 1 atom stereocenters. The van der Waals surface area contributed by atoms with Crippen molar-refractivity contribution in [2.75, 3.05) is 7.11 Å². The summed E-state index contributed by atoms with van der Waals surface area (Å²) in [6.07, 6.45) is 1.89. The summed E-state index contributed by atoms with van der Waals surface area (Å²) < 4.78 is 36.4. The fourth-order valence-corrected chi connectivity index (χ4v) is 2.54. The van der Waals surface area contributed by atoms with E-state index in [1.165, 1.54) is 13.2 Å². The molecule has 2 heterocycles. The third-order valence-electron chi connectivity index (χ3n) is 3.78. The Kier molecular flexibility index (Phi) is 5.08. The number of hydrogen-bond acceptors (Lipinski definition) is 5. The third-order valence-corrected chi connectivity index (χ3v) is 3.78. The quantitative estimate of drug-likeness (QED) is 0.711. The minimum Gasteiger partial charge on any atom is -0.493 e. The highest BCUT2D eigenvalue weighted by atomic mass is 19.3. The van der Waals surface area contributed by atoms with Crippen molar-refractivity contribution in [2.24, 2.45) is 0 Å². The van der Waals surface area contributed by atoms with E-state index in [4.69, 9.17) is 4.74 Å². The lowest BCUT2D eigenvalue weighted by molar-refractivity contribution is -0.0512. The van der Waals surface area contributed by atoms with Gasteiger partial charge >= 0.3 is 6.61 Å². The van der Waals surface area contributed by atoms with Crippen LogP contribution < -0.4 is 14.8 Å². The van der Waals surface area contributed by atoms with E-state index < -0.39 is 6.61 Å². The molecule has 0 saturated carbocycles. The number of methoxy groups -OCH3 is 1. The smallest absolute Gasteiger partial charge is 0.387 e. The van der Waals surface area contributed by atoms with Gasteiger partial charge in [0.2, 0.25) is 0 Å². The molecule has 0 saturated heterocycles. The highest BCUT2D eigenvalue weighted by Crippen LogP contribution is 2.29. The molecule has 0 aliphatic carbocycles. The average Bonchev–Trinajstić information content (AvgIpc) is 3.03. The molecule has 2 aromatic heterocycles. The summed E-state index contributed by atoms with van der Waals surface area (Å²) in [5.74, 6) is 1.05. The van der Waals surface area contributed by atoms with Gasteiger partial charge in [-0.25, -0.2) is 0 Å². The van der Waals surface area contributed by atoms with Crippen LogP contribution in [0.1, 0.15) is 24.4 Å². The van der Waals surface area contributed by atoms with Gasteiger partial charge in [-0.3, -0.25) is 4.40 Å². The van der Waals surface area contributed by atoms with Crippen LogP contribution in [0.2, 0.25) is 0 Å². The van der Waals surface area contributed by atoms with E-state index >= 15 is 0 Å². The molecule has 25 heavy (non-hydrogen) atoms. The van der Waals surface area contributed by atoms with Crippen molar-refractivity contribution in [2.45, 2.75) is 26.1 Å². The third kappa shape index (κ3) is 3.85. The Bertz CT molecular complexity index is 854. The van der Waals surface area contributed by atoms with Crippen LogP contribution >= 0.6 is 0 Å². The molecule has 0 unspecified atom stereocenters. The van der Waals surface area contributed by atoms with Gasteiger partial charge in [0.05, 0.1) is 13.2 Å². The molecule has 0 aliphatic heterocycles. The van der Waals surface area contributed by atoms with Gasteiger partial charge in [0.15, 0.2) is 23.0 Å². The minimum atomic E-state index is -2.90. The lowest BCUT2D eigenvalue weighted by Gasteiger charge is -2.14. The van der Waals surface area contributed by atoms with Crippen molar-refractivity contribution in [1.82, 2.24) is 19.9 Å². The molecule has 1 aromatic carbocycles. The van der Waals surface area contributed by atoms with Crippen molar-refractivity contribution in [3.05, 3.63) is 54.0 Å². The van der Waals surface area contributed by atoms with Crippen LogP contribution in [-0.2, 0) is 6.54 Å². The number of ether oxygens (including phenoxy) is 2. The van der Waals surface area contributed by atoms with Gasteiger partial charge in [-0.2, -0.15) is 8.78 Å². The van der Waals surface area contributed by atoms with E-state index in [2.05, 4.69) is 20.3 Å². The summed E-state index contributed by atoms with van der Waals surface area (Å²) in [7, 11) is 1.41. The molecule has 0 spiro atoms. The average molecular weight is 348 g/mol. The Balaban J connectivity index is 1.72.